The number of nitrogens with one attached hydrogen (secondary N) is 1. The van der Waals surface area contributed by atoms with Crippen molar-refractivity contribution in [2.24, 2.45) is 0 Å². The Labute approximate surface area is 151 Å². The normalized spacial score (nSPS) is 11.5. The van der Waals surface area contributed by atoms with Gasteiger partial charge in [-0.2, -0.15) is 0 Å². The van der Waals surface area contributed by atoms with Gasteiger partial charge >= 0.3 is 5.97 Å². The van der Waals surface area contributed by atoms with Crippen molar-refractivity contribution in [3.05, 3.63) is 77.1 Å². The van der Waals surface area contributed by atoms with Gasteiger partial charge in [0.2, 0.25) is 0 Å². The molecule has 4 aromatic rings. The molecule has 0 aliphatic rings. The van der Waals surface area contributed by atoms with Crippen LogP contribution in [-0.4, -0.2) is 23.0 Å². The van der Waals surface area contributed by atoms with Crippen molar-refractivity contribution in [3.8, 4) is 0 Å². The van der Waals surface area contributed by atoms with E-state index in [-0.39, 0.29) is 0 Å². The molecular weight excluding hydrogens is 324 g/mol. The Kier molecular flexibility index (Phi) is 4.01. The average molecular weight is 342 g/mol. The fourth-order valence-electron chi connectivity index (χ4n) is 3.26. The predicted molar refractivity (Wildman–Crippen MR) is 105 cm³/mol. The SMILES string of the molecule is COC(=O)c1nc(/C=C/c2ccccc2)c2[nH]c3ccccc3c2c1C. The molecule has 0 saturated carbocycles. The van der Waals surface area contributed by atoms with E-state index in [0.29, 0.717) is 11.4 Å². The van der Waals surface area contributed by atoms with Gasteiger partial charge in [0.15, 0.2) is 5.69 Å². The molecule has 2 aromatic carbocycles. The molecule has 0 aliphatic heterocycles. The van der Waals surface area contributed by atoms with Crippen LogP contribution in [0.4, 0.5) is 0 Å². The number of H-pyrrole nitrogens is 1. The minimum Gasteiger partial charge on any atom is -0.464 e. The Morgan fingerprint density at radius 2 is 1.77 bits per heavy atom. The van der Waals surface area contributed by atoms with Crippen LogP contribution in [0.25, 0.3) is 34.0 Å². The molecule has 0 spiro atoms. The van der Waals surface area contributed by atoms with Crippen LogP contribution in [0.3, 0.4) is 0 Å². The number of aryl methyl sites for hydroxylation is 1. The molecule has 2 aromatic heterocycles. The van der Waals surface area contributed by atoms with E-state index < -0.39 is 5.97 Å². The van der Waals surface area contributed by atoms with Crippen molar-refractivity contribution in [3.63, 3.8) is 0 Å². The van der Waals surface area contributed by atoms with Gasteiger partial charge in [-0.3, -0.25) is 0 Å². The summed E-state index contributed by atoms with van der Waals surface area (Å²) in [5.74, 6) is -0.427. The highest BCUT2D eigenvalue weighted by molar-refractivity contribution is 6.13. The predicted octanol–water partition coefficient (Wildman–Crippen LogP) is 4.98. The standard InChI is InChI=1S/C22H18N2O2/c1-14-19-16-10-6-7-11-17(16)23-21(19)18(24-20(14)22(25)26-2)13-12-15-8-4-3-5-9-15/h3-13,23H,1-2H3/b13-12+. The zero-order valence-electron chi connectivity index (χ0n) is 14.6. The Morgan fingerprint density at radius 3 is 2.54 bits per heavy atom. The van der Waals surface area contributed by atoms with Gasteiger partial charge in [0.05, 0.1) is 18.3 Å². The smallest absolute Gasteiger partial charge is 0.356 e. The van der Waals surface area contributed by atoms with E-state index in [1.807, 2.05) is 73.7 Å². The van der Waals surface area contributed by atoms with Gasteiger partial charge in [-0.15, -0.1) is 0 Å². The third kappa shape index (κ3) is 2.65. The molecule has 128 valence electrons. The molecule has 0 radical (unpaired) electrons. The number of aromatic nitrogens is 2. The maximum atomic E-state index is 12.2. The topological polar surface area (TPSA) is 55.0 Å². The number of benzene rings is 2. The van der Waals surface area contributed by atoms with E-state index in [2.05, 4.69) is 9.97 Å². The van der Waals surface area contributed by atoms with E-state index in [0.717, 1.165) is 32.9 Å². The number of fused-ring (bicyclic) bond motifs is 3. The molecule has 0 aliphatic carbocycles. The Hall–Kier alpha value is -3.40. The number of hydrogen-bond acceptors (Lipinski definition) is 3. The van der Waals surface area contributed by atoms with Crippen LogP contribution in [0.15, 0.2) is 54.6 Å². The molecule has 2 heterocycles. The second kappa shape index (κ2) is 6.48. The molecule has 4 rings (SSSR count). The first kappa shape index (κ1) is 16.1. The minimum absolute atomic E-state index is 0.345. The molecule has 0 amide bonds. The highest BCUT2D eigenvalue weighted by Crippen LogP contribution is 2.32. The Bertz CT molecular complexity index is 1140. The molecule has 4 nitrogen and oxygen atoms in total. The first-order chi connectivity index (χ1) is 12.7. The molecule has 0 fully saturated rings. The Morgan fingerprint density at radius 1 is 1.04 bits per heavy atom. The van der Waals surface area contributed by atoms with E-state index in [4.69, 9.17) is 4.74 Å². The van der Waals surface area contributed by atoms with Crippen LogP contribution in [0.2, 0.25) is 0 Å². The van der Waals surface area contributed by atoms with Crippen LogP contribution in [0, 0.1) is 6.92 Å². The number of esters is 1. The number of methoxy groups -OCH3 is 1. The third-order valence-electron chi connectivity index (χ3n) is 4.54. The maximum Gasteiger partial charge on any atom is 0.356 e. The summed E-state index contributed by atoms with van der Waals surface area (Å²) < 4.78 is 4.94. The molecule has 1 N–H and O–H groups in total. The highest BCUT2D eigenvalue weighted by Gasteiger charge is 2.19. The summed E-state index contributed by atoms with van der Waals surface area (Å²) in [7, 11) is 1.38. The van der Waals surface area contributed by atoms with Crippen LogP contribution in [0.5, 0.6) is 0 Å². The molecule has 0 saturated heterocycles. The second-order valence-electron chi connectivity index (χ2n) is 6.13. The third-order valence-corrected chi connectivity index (χ3v) is 4.54. The van der Waals surface area contributed by atoms with Crippen molar-refractivity contribution in [1.29, 1.82) is 0 Å². The van der Waals surface area contributed by atoms with Crippen LogP contribution < -0.4 is 0 Å². The molecule has 4 heteroatoms. The lowest BCUT2D eigenvalue weighted by atomic mass is 10.0. The molecule has 0 unspecified atom stereocenters. The van der Waals surface area contributed by atoms with E-state index in [9.17, 15) is 4.79 Å². The molecular formula is C22H18N2O2. The number of pyridine rings is 1. The summed E-state index contributed by atoms with van der Waals surface area (Å²) >= 11 is 0. The van der Waals surface area contributed by atoms with Gasteiger partial charge in [0.25, 0.3) is 0 Å². The zero-order valence-corrected chi connectivity index (χ0v) is 14.6. The van der Waals surface area contributed by atoms with Crippen molar-refractivity contribution < 1.29 is 9.53 Å². The van der Waals surface area contributed by atoms with Gasteiger partial charge in [-0.25, -0.2) is 9.78 Å². The van der Waals surface area contributed by atoms with Crippen molar-refractivity contribution >= 4 is 39.9 Å². The van der Waals surface area contributed by atoms with E-state index >= 15 is 0 Å². The summed E-state index contributed by atoms with van der Waals surface area (Å²) in [6, 6.07) is 18.1. The number of carbonyl (C=O) groups excluding carboxylic acids is 1. The zero-order chi connectivity index (χ0) is 18.1. The van der Waals surface area contributed by atoms with Crippen molar-refractivity contribution in [2.45, 2.75) is 6.92 Å². The summed E-state index contributed by atoms with van der Waals surface area (Å²) in [5.41, 5.74) is 4.88. The largest absolute Gasteiger partial charge is 0.464 e. The van der Waals surface area contributed by atoms with Gasteiger partial charge in [0, 0.05) is 16.3 Å². The monoisotopic (exact) mass is 342 g/mol. The Balaban J connectivity index is 2.00. The summed E-state index contributed by atoms with van der Waals surface area (Å²) in [6.07, 6.45) is 3.92. The fourth-order valence-corrected chi connectivity index (χ4v) is 3.26. The number of aromatic amines is 1. The number of ether oxygens (including phenoxy) is 1. The molecule has 26 heavy (non-hydrogen) atoms. The van der Waals surface area contributed by atoms with Crippen molar-refractivity contribution in [1.82, 2.24) is 9.97 Å². The minimum atomic E-state index is -0.427. The van der Waals surface area contributed by atoms with Gasteiger partial charge < -0.3 is 9.72 Å². The number of rotatable bonds is 3. The quantitative estimate of drug-likeness (QED) is 0.534. The number of para-hydroxylation sites is 1. The van der Waals surface area contributed by atoms with Crippen molar-refractivity contribution in [2.75, 3.05) is 7.11 Å². The summed E-state index contributed by atoms with van der Waals surface area (Å²) in [4.78, 5) is 20.3. The average Bonchev–Trinajstić information content (AvgIpc) is 3.08. The lowest BCUT2D eigenvalue weighted by Gasteiger charge is -2.07. The summed E-state index contributed by atoms with van der Waals surface area (Å²) in [5, 5.41) is 2.07. The van der Waals surface area contributed by atoms with E-state index in [1.54, 1.807) is 0 Å². The maximum absolute atomic E-state index is 12.2. The van der Waals surface area contributed by atoms with Gasteiger partial charge in [-0.05, 0) is 30.2 Å². The van der Waals surface area contributed by atoms with E-state index in [1.165, 1.54) is 7.11 Å². The number of carbonyl (C=O) groups is 1. The van der Waals surface area contributed by atoms with Crippen LogP contribution in [0.1, 0.15) is 27.3 Å². The van der Waals surface area contributed by atoms with Crippen LogP contribution >= 0.6 is 0 Å². The molecule has 0 bridgehead atoms. The fraction of sp³-hybridized carbons (Fsp3) is 0.0909. The lowest BCUT2D eigenvalue weighted by molar-refractivity contribution is 0.0593. The lowest BCUT2D eigenvalue weighted by Crippen LogP contribution is -2.08. The number of nitrogens with zero attached hydrogens (tertiary/aromatic N) is 1. The van der Waals surface area contributed by atoms with Crippen LogP contribution in [-0.2, 0) is 4.74 Å². The van der Waals surface area contributed by atoms with Gasteiger partial charge in [-0.1, -0.05) is 54.6 Å². The highest BCUT2D eigenvalue weighted by atomic mass is 16.5. The second-order valence-corrected chi connectivity index (χ2v) is 6.13. The first-order valence-electron chi connectivity index (χ1n) is 8.41. The molecule has 0 atom stereocenters. The number of hydrogen-bond donors (Lipinski definition) is 1. The summed E-state index contributed by atoms with van der Waals surface area (Å²) in [6.45, 7) is 1.91. The first-order valence-corrected chi connectivity index (χ1v) is 8.41. The van der Waals surface area contributed by atoms with Gasteiger partial charge in [0.1, 0.15) is 0 Å².